The molecule has 2 saturated heterocycles. The van der Waals surface area contributed by atoms with Crippen molar-refractivity contribution in [1.29, 1.82) is 0 Å². The Bertz CT molecular complexity index is 1260. The van der Waals surface area contributed by atoms with E-state index in [-0.39, 0.29) is 66.1 Å². The van der Waals surface area contributed by atoms with E-state index in [0.717, 1.165) is 36.2 Å². The minimum atomic E-state index is -0.169. The maximum atomic E-state index is 13.2. The van der Waals surface area contributed by atoms with Crippen LogP contribution in [0.1, 0.15) is 126 Å². The summed E-state index contributed by atoms with van der Waals surface area (Å²) in [5, 5.41) is 9.49. The van der Waals surface area contributed by atoms with Gasteiger partial charge in [-0.3, -0.25) is 0 Å². The molecule has 10 atom stereocenters. The van der Waals surface area contributed by atoms with Crippen molar-refractivity contribution >= 4 is 5.97 Å². The molecule has 1 aromatic heterocycles. The van der Waals surface area contributed by atoms with Crippen molar-refractivity contribution in [3.8, 4) is 0 Å². The van der Waals surface area contributed by atoms with E-state index in [1.807, 2.05) is 29.1 Å². The number of fused-ring (bicyclic) bond motifs is 7. The number of aliphatic hydroxyl groups is 1. The van der Waals surface area contributed by atoms with Gasteiger partial charge in [-0.15, -0.1) is 0 Å². The lowest BCUT2D eigenvalue weighted by molar-refractivity contribution is -0.686. The second-order valence-corrected chi connectivity index (χ2v) is 17.7. The van der Waals surface area contributed by atoms with Gasteiger partial charge in [0.25, 0.3) is 0 Å². The molecule has 4 unspecified atom stereocenters. The van der Waals surface area contributed by atoms with Gasteiger partial charge in [0.2, 0.25) is 6.54 Å². The molecule has 248 valence electrons. The normalized spacial score (nSPS) is 45.8. The largest absolute Gasteiger partial charge is 1.00 e. The van der Waals surface area contributed by atoms with Gasteiger partial charge in [0.1, 0.15) is 6.10 Å². The molecule has 2 aliphatic heterocycles. The van der Waals surface area contributed by atoms with Gasteiger partial charge < -0.3 is 31.6 Å². The molecule has 2 bridgehead atoms. The molecule has 5 nitrogen and oxygen atoms in total. The fraction of sp³-hybridized carbons (Fsp3) is 0.842. The van der Waals surface area contributed by atoms with E-state index < -0.39 is 0 Å². The first-order valence-electron chi connectivity index (χ1n) is 17.2. The molecule has 1 N–H and O–H groups in total. The number of nitrogens with zero attached hydrogens (tertiary/aromatic N) is 1. The first-order valence-corrected chi connectivity index (χ1v) is 17.2. The summed E-state index contributed by atoms with van der Waals surface area (Å²) in [6, 6.07) is 3.75. The van der Waals surface area contributed by atoms with Crippen LogP contribution in [0.4, 0.5) is 0 Å². The average Bonchev–Trinajstić information content (AvgIpc) is 2.91. The zero-order valence-corrected chi connectivity index (χ0v) is 29.3. The third kappa shape index (κ3) is 4.56. The summed E-state index contributed by atoms with van der Waals surface area (Å²) in [6.45, 7) is 17.9. The van der Waals surface area contributed by atoms with Crippen LogP contribution in [0.15, 0.2) is 24.5 Å². The number of rotatable bonds is 4. The fourth-order valence-electron chi connectivity index (χ4n) is 12.9. The van der Waals surface area contributed by atoms with Crippen molar-refractivity contribution in [2.45, 2.75) is 151 Å². The summed E-state index contributed by atoms with van der Waals surface area (Å²) in [4.78, 5) is 13.2. The summed E-state index contributed by atoms with van der Waals surface area (Å²) < 4.78 is 14.9. The van der Waals surface area contributed by atoms with Crippen LogP contribution in [-0.4, -0.2) is 28.9 Å². The van der Waals surface area contributed by atoms with Gasteiger partial charge in [0.05, 0.1) is 18.3 Å². The Balaban J connectivity index is 0.00000192. The molecule has 7 fully saturated rings. The van der Waals surface area contributed by atoms with Crippen molar-refractivity contribution < 1.29 is 40.9 Å². The quantitative estimate of drug-likeness (QED) is 0.373. The summed E-state index contributed by atoms with van der Waals surface area (Å²) in [5.74, 6) is 2.66. The molecule has 44 heavy (non-hydrogen) atoms. The molecular weight excluding hydrogens is 614 g/mol. The first kappa shape index (κ1) is 34.4. The number of pyridine rings is 1. The van der Waals surface area contributed by atoms with E-state index in [0.29, 0.717) is 28.3 Å². The molecule has 5 saturated carbocycles. The zero-order chi connectivity index (χ0) is 29.9. The number of aliphatic hydroxyl groups excluding tert-OH is 1. The van der Waals surface area contributed by atoms with Gasteiger partial charge in [0.15, 0.2) is 12.4 Å². The van der Waals surface area contributed by atoms with Gasteiger partial charge in [-0.2, -0.15) is 4.57 Å². The molecular formula is C38H60BrNO4. The van der Waals surface area contributed by atoms with E-state index >= 15 is 0 Å². The summed E-state index contributed by atoms with van der Waals surface area (Å²) >= 11 is 0. The highest BCUT2D eigenvalue weighted by atomic mass is 79.9. The fourth-order valence-corrected chi connectivity index (χ4v) is 12.9. The van der Waals surface area contributed by atoms with Crippen LogP contribution in [0, 0.1) is 50.7 Å². The molecule has 0 radical (unpaired) electrons. The topological polar surface area (TPSA) is 59.6 Å². The average molecular weight is 675 g/mol. The van der Waals surface area contributed by atoms with Gasteiger partial charge in [-0.05, 0) is 110 Å². The Morgan fingerprint density at radius 2 is 1.66 bits per heavy atom. The monoisotopic (exact) mass is 673 g/mol. The predicted octanol–water partition coefficient (Wildman–Crippen LogP) is 4.66. The Labute approximate surface area is 278 Å². The maximum absolute atomic E-state index is 13.2. The Kier molecular flexibility index (Phi) is 8.62. The molecule has 1 aromatic rings. The van der Waals surface area contributed by atoms with Gasteiger partial charge in [0, 0.05) is 23.0 Å². The summed E-state index contributed by atoms with van der Waals surface area (Å²) in [6.07, 6.45) is 16.7. The highest BCUT2D eigenvalue weighted by Crippen LogP contribution is 2.78. The molecule has 5 aliphatic carbocycles. The lowest BCUT2D eigenvalue weighted by Gasteiger charge is -2.77. The van der Waals surface area contributed by atoms with E-state index in [2.05, 4.69) is 48.5 Å². The predicted molar refractivity (Wildman–Crippen MR) is 169 cm³/mol. The molecule has 7 aliphatic rings. The molecule has 1 spiro atoms. The standard InChI is InChI=1S/C37H56NO4.CH4.BrH/c1-32(2)16-18-37-19-17-35(6)25(30(37)31(32)42-37)10-11-27-34(5)14-13-28(33(3,4)26(34)12-15-36(27,35)7)41-29(40)22-38-20-8-9-24(21-38)23-39;;/h8-9,20-21,25-28,30-31,39H,10-19,22-23H2,1-7H3;1H4;1H/q+1;;/p-1/t25?,26?,27?,28-,30?,31+,34-,35+,36+,37-;;/m0../s1. The van der Waals surface area contributed by atoms with Crippen LogP contribution < -0.4 is 21.5 Å². The van der Waals surface area contributed by atoms with Gasteiger partial charge >= 0.3 is 5.97 Å². The number of hydrogen-bond acceptors (Lipinski definition) is 4. The first-order chi connectivity index (χ1) is 19.7. The Morgan fingerprint density at radius 3 is 2.36 bits per heavy atom. The number of halogens is 1. The number of carbonyl (C=O) groups excluding carboxylic acids is 1. The lowest BCUT2D eigenvalue weighted by atomic mass is 9.31. The second-order valence-electron chi connectivity index (χ2n) is 17.7. The van der Waals surface area contributed by atoms with E-state index in [1.165, 1.54) is 51.4 Å². The SMILES string of the molecule is C.CC1(C)CC[C@]23CC[C@]4(C)C(CCC5[C@@]6(C)CC[C@H](OC(=O)C[n+]7cccc(CO)c7)C(C)(C)C6CC[C@]54C)C2[C@H]1O3.[Br-]. The summed E-state index contributed by atoms with van der Waals surface area (Å²) in [5.41, 5.74) is 2.25. The van der Waals surface area contributed by atoms with Crippen LogP contribution in [0.5, 0.6) is 0 Å². The number of aromatic nitrogens is 1. The molecule has 3 heterocycles. The number of carbonyl (C=O) groups is 1. The van der Waals surface area contributed by atoms with Crippen LogP contribution in [0.2, 0.25) is 0 Å². The zero-order valence-electron chi connectivity index (χ0n) is 27.8. The van der Waals surface area contributed by atoms with Crippen molar-refractivity contribution in [2.75, 3.05) is 0 Å². The van der Waals surface area contributed by atoms with Crippen LogP contribution in [-0.2, 0) is 27.4 Å². The van der Waals surface area contributed by atoms with E-state index in [9.17, 15) is 9.90 Å². The van der Waals surface area contributed by atoms with Crippen LogP contribution in [0.3, 0.4) is 0 Å². The third-order valence-electron chi connectivity index (χ3n) is 15.3. The molecule has 6 heteroatoms. The number of hydrogen-bond donors (Lipinski definition) is 1. The van der Waals surface area contributed by atoms with E-state index in [1.54, 1.807) is 0 Å². The maximum Gasteiger partial charge on any atom is 0.372 e. The highest BCUT2D eigenvalue weighted by molar-refractivity contribution is 5.68. The second kappa shape index (κ2) is 11.0. The van der Waals surface area contributed by atoms with Gasteiger partial charge in [-0.1, -0.05) is 55.9 Å². The highest BCUT2D eigenvalue weighted by Gasteiger charge is 2.75. The van der Waals surface area contributed by atoms with Gasteiger partial charge in [-0.25, -0.2) is 4.79 Å². The number of esters is 1. The Morgan fingerprint density at radius 1 is 0.932 bits per heavy atom. The minimum absolute atomic E-state index is 0. The molecule has 0 amide bonds. The van der Waals surface area contributed by atoms with Crippen molar-refractivity contribution in [2.24, 2.45) is 50.7 Å². The van der Waals surface area contributed by atoms with Crippen molar-refractivity contribution in [3.05, 3.63) is 30.1 Å². The molecule has 8 rings (SSSR count). The molecule has 0 aromatic carbocycles. The number of ether oxygens (including phenoxy) is 2. The van der Waals surface area contributed by atoms with Crippen LogP contribution >= 0.6 is 0 Å². The summed E-state index contributed by atoms with van der Waals surface area (Å²) in [7, 11) is 0. The Hall–Kier alpha value is -0.980. The lowest BCUT2D eigenvalue weighted by Crippen LogP contribution is -3.00. The third-order valence-corrected chi connectivity index (χ3v) is 15.3. The van der Waals surface area contributed by atoms with Crippen molar-refractivity contribution in [3.63, 3.8) is 0 Å². The van der Waals surface area contributed by atoms with Crippen molar-refractivity contribution in [1.82, 2.24) is 0 Å². The van der Waals surface area contributed by atoms with E-state index in [4.69, 9.17) is 9.47 Å². The van der Waals surface area contributed by atoms with Crippen LogP contribution in [0.25, 0.3) is 0 Å². The smallest absolute Gasteiger partial charge is 0.372 e. The minimum Gasteiger partial charge on any atom is -1.00 e.